The summed E-state index contributed by atoms with van der Waals surface area (Å²) in [5.41, 5.74) is 1.22. The van der Waals surface area contributed by atoms with Gasteiger partial charge in [0.15, 0.2) is 11.8 Å². The van der Waals surface area contributed by atoms with Crippen molar-refractivity contribution in [3.63, 3.8) is 0 Å². The number of rotatable bonds is 7. The van der Waals surface area contributed by atoms with Gasteiger partial charge < -0.3 is 19.5 Å². The summed E-state index contributed by atoms with van der Waals surface area (Å²) in [6.07, 6.45) is 2.89. The van der Waals surface area contributed by atoms with Crippen LogP contribution in [-0.4, -0.2) is 52.4 Å². The van der Waals surface area contributed by atoms with Gasteiger partial charge in [-0.25, -0.2) is 0 Å². The molecule has 1 aromatic carbocycles. The average Bonchev–Trinajstić information content (AvgIpc) is 3.33. The highest BCUT2D eigenvalue weighted by Crippen LogP contribution is 2.17. The lowest BCUT2D eigenvalue weighted by molar-refractivity contribution is 0.0906. The lowest BCUT2D eigenvalue weighted by Gasteiger charge is -2.21. The molecule has 1 aliphatic rings. The fourth-order valence-electron chi connectivity index (χ4n) is 3.25. The van der Waals surface area contributed by atoms with E-state index in [2.05, 4.69) is 44.5 Å². The van der Waals surface area contributed by atoms with Crippen LogP contribution in [0.25, 0.3) is 0 Å². The minimum atomic E-state index is 0.538. The molecule has 1 unspecified atom stereocenters. The summed E-state index contributed by atoms with van der Waals surface area (Å²) < 4.78 is 7.94. The molecule has 140 valence electrons. The second-order valence-corrected chi connectivity index (χ2v) is 6.54. The Balaban J connectivity index is 1.43. The summed E-state index contributed by atoms with van der Waals surface area (Å²) in [6, 6.07) is 10.3. The molecule has 0 amide bonds. The highest BCUT2D eigenvalue weighted by atomic mass is 16.5. The topological polar surface area (TPSA) is 67.6 Å². The van der Waals surface area contributed by atoms with Gasteiger partial charge in [-0.3, -0.25) is 4.99 Å². The van der Waals surface area contributed by atoms with Crippen LogP contribution in [0, 0.1) is 5.92 Å². The zero-order chi connectivity index (χ0) is 18.2. The van der Waals surface area contributed by atoms with Gasteiger partial charge in [0.1, 0.15) is 6.33 Å². The normalized spacial score (nSPS) is 17.7. The van der Waals surface area contributed by atoms with Crippen LogP contribution in [0.15, 0.2) is 41.7 Å². The number of aryl methyl sites for hydroxylation is 1. The number of hydrogen-bond acceptors (Lipinski definition) is 4. The van der Waals surface area contributed by atoms with Crippen LogP contribution in [0.4, 0.5) is 0 Å². The first-order chi connectivity index (χ1) is 12.8. The lowest BCUT2D eigenvalue weighted by atomic mass is 10.1. The molecule has 0 aliphatic carbocycles. The SMILES string of the molecule is CCn1cnnc1CNC(=NC)N1CCC(COCc2ccccc2)C1. The van der Waals surface area contributed by atoms with Gasteiger partial charge >= 0.3 is 0 Å². The van der Waals surface area contributed by atoms with E-state index in [0.29, 0.717) is 19.1 Å². The maximum absolute atomic E-state index is 5.91. The molecule has 2 heterocycles. The van der Waals surface area contributed by atoms with E-state index in [1.54, 1.807) is 6.33 Å². The van der Waals surface area contributed by atoms with Crippen LogP contribution in [0.1, 0.15) is 24.7 Å². The van der Waals surface area contributed by atoms with Crippen molar-refractivity contribution in [1.82, 2.24) is 25.0 Å². The third-order valence-corrected chi connectivity index (χ3v) is 4.70. The van der Waals surface area contributed by atoms with E-state index in [1.807, 2.05) is 29.8 Å². The van der Waals surface area contributed by atoms with E-state index in [9.17, 15) is 0 Å². The fraction of sp³-hybridized carbons (Fsp3) is 0.526. The fourth-order valence-corrected chi connectivity index (χ4v) is 3.25. The van der Waals surface area contributed by atoms with Crippen LogP contribution in [-0.2, 0) is 24.4 Å². The van der Waals surface area contributed by atoms with Crippen LogP contribution in [0.3, 0.4) is 0 Å². The number of guanidine groups is 1. The third kappa shape index (κ3) is 4.82. The van der Waals surface area contributed by atoms with E-state index in [-0.39, 0.29) is 0 Å². The van der Waals surface area contributed by atoms with E-state index < -0.39 is 0 Å². The van der Waals surface area contributed by atoms with Gasteiger partial charge in [-0.05, 0) is 18.9 Å². The van der Waals surface area contributed by atoms with Crippen molar-refractivity contribution >= 4 is 5.96 Å². The van der Waals surface area contributed by atoms with Crippen molar-refractivity contribution in [1.29, 1.82) is 0 Å². The Kier molecular flexibility index (Phi) is 6.60. The van der Waals surface area contributed by atoms with Crippen molar-refractivity contribution in [2.75, 3.05) is 26.7 Å². The quantitative estimate of drug-likeness (QED) is 0.606. The van der Waals surface area contributed by atoms with Crippen molar-refractivity contribution in [2.45, 2.75) is 33.0 Å². The molecule has 7 heteroatoms. The molecule has 0 radical (unpaired) electrons. The molecule has 1 saturated heterocycles. The van der Waals surface area contributed by atoms with Crippen LogP contribution >= 0.6 is 0 Å². The van der Waals surface area contributed by atoms with Crippen molar-refractivity contribution in [3.05, 3.63) is 48.0 Å². The molecule has 26 heavy (non-hydrogen) atoms. The summed E-state index contributed by atoms with van der Waals surface area (Å²) in [5.74, 6) is 2.38. The number of likely N-dealkylation sites (tertiary alicyclic amines) is 1. The summed E-state index contributed by atoms with van der Waals surface area (Å²) in [7, 11) is 1.83. The van der Waals surface area contributed by atoms with Gasteiger partial charge in [0.05, 0.1) is 19.8 Å². The molecule has 0 saturated carbocycles. The highest BCUT2D eigenvalue weighted by Gasteiger charge is 2.25. The molecule has 0 spiro atoms. The molecule has 2 aromatic rings. The predicted octanol–water partition coefficient (Wildman–Crippen LogP) is 1.91. The second kappa shape index (κ2) is 9.33. The number of benzene rings is 1. The van der Waals surface area contributed by atoms with Gasteiger partial charge in [0.2, 0.25) is 0 Å². The number of nitrogens with zero attached hydrogens (tertiary/aromatic N) is 5. The molecule has 1 N–H and O–H groups in total. The first-order valence-corrected chi connectivity index (χ1v) is 9.24. The Morgan fingerprint density at radius 3 is 2.96 bits per heavy atom. The maximum Gasteiger partial charge on any atom is 0.194 e. The number of ether oxygens (including phenoxy) is 1. The van der Waals surface area contributed by atoms with Crippen molar-refractivity contribution in [3.8, 4) is 0 Å². The zero-order valence-corrected chi connectivity index (χ0v) is 15.6. The Morgan fingerprint density at radius 1 is 1.35 bits per heavy atom. The van der Waals surface area contributed by atoms with Gasteiger partial charge in [-0.1, -0.05) is 30.3 Å². The van der Waals surface area contributed by atoms with E-state index in [4.69, 9.17) is 4.74 Å². The van der Waals surface area contributed by atoms with Gasteiger partial charge in [-0.2, -0.15) is 0 Å². The number of nitrogens with one attached hydrogen (secondary N) is 1. The molecule has 7 nitrogen and oxygen atoms in total. The average molecular weight is 356 g/mol. The van der Waals surface area contributed by atoms with Gasteiger partial charge in [0, 0.05) is 32.6 Å². The van der Waals surface area contributed by atoms with Crippen LogP contribution < -0.4 is 5.32 Å². The van der Waals surface area contributed by atoms with E-state index >= 15 is 0 Å². The van der Waals surface area contributed by atoms with Crippen LogP contribution in [0.5, 0.6) is 0 Å². The zero-order valence-electron chi connectivity index (χ0n) is 15.6. The summed E-state index contributed by atoms with van der Waals surface area (Å²) in [6.45, 7) is 7.01. The summed E-state index contributed by atoms with van der Waals surface area (Å²) >= 11 is 0. The molecular weight excluding hydrogens is 328 g/mol. The number of aliphatic imine (C=N–C) groups is 1. The van der Waals surface area contributed by atoms with E-state index in [0.717, 1.165) is 44.4 Å². The Bertz CT molecular complexity index is 699. The molecular formula is C19H28N6O. The number of aromatic nitrogens is 3. The van der Waals surface area contributed by atoms with Crippen molar-refractivity contribution in [2.24, 2.45) is 10.9 Å². The van der Waals surface area contributed by atoms with Gasteiger partial charge in [-0.15, -0.1) is 10.2 Å². The molecule has 3 rings (SSSR count). The summed E-state index contributed by atoms with van der Waals surface area (Å²) in [5, 5.41) is 11.5. The Morgan fingerprint density at radius 2 is 2.19 bits per heavy atom. The Labute approximate surface area is 155 Å². The lowest BCUT2D eigenvalue weighted by Crippen LogP contribution is -2.40. The third-order valence-electron chi connectivity index (χ3n) is 4.70. The molecule has 1 fully saturated rings. The summed E-state index contributed by atoms with van der Waals surface area (Å²) in [4.78, 5) is 6.72. The standard InChI is InChI=1S/C19H28N6O/c1-3-24-15-22-23-18(24)11-21-19(20-2)25-10-9-17(12-25)14-26-13-16-7-5-4-6-8-16/h4-8,15,17H,3,9-14H2,1-2H3,(H,20,21). The second-order valence-electron chi connectivity index (χ2n) is 6.54. The first-order valence-electron chi connectivity index (χ1n) is 9.24. The smallest absolute Gasteiger partial charge is 0.194 e. The molecule has 1 atom stereocenters. The Hall–Kier alpha value is -2.41. The minimum Gasteiger partial charge on any atom is -0.376 e. The highest BCUT2D eigenvalue weighted by molar-refractivity contribution is 5.80. The molecule has 1 aliphatic heterocycles. The maximum atomic E-state index is 5.91. The number of hydrogen-bond donors (Lipinski definition) is 1. The van der Waals surface area contributed by atoms with Crippen LogP contribution in [0.2, 0.25) is 0 Å². The molecule has 0 bridgehead atoms. The predicted molar refractivity (Wildman–Crippen MR) is 102 cm³/mol. The van der Waals surface area contributed by atoms with Gasteiger partial charge in [0.25, 0.3) is 0 Å². The molecule has 1 aromatic heterocycles. The largest absolute Gasteiger partial charge is 0.376 e. The monoisotopic (exact) mass is 356 g/mol. The van der Waals surface area contributed by atoms with Crippen molar-refractivity contribution < 1.29 is 4.74 Å². The minimum absolute atomic E-state index is 0.538. The first kappa shape index (κ1) is 18.4. The van der Waals surface area contributed by atoms with E-state index in [1.165, 1.54) is 5.56 Å².